The van der Waals surface area contributed by atoms with Gasteiger partial charge in [-0.2, -0.15) is 0 Å². The van der Waals surface area contributed by atoms with E-state index in [9.17, 15) is 0 Å². The van der Waals surface area contributed by atoms with Crippen molar-refractivity contribution in [1.29, 1.82) is 0 Å². The van der Waals surface area contributed by atoms with E-state index in [1.807, 2.05) is 6.07 Å². The van der Waals surface area contributed by atoms with Gasteiger partial charge >= 0.3 is 0 Å². The molecule has 82 valence electrons. The molecule has 0 radical (unpaired) electrons. The summed E-state index contributed by atoms with van der Waals surface area (Å²) in [5, 5.41) is 4.12. The van der Waals surface area contributed by atoms with E-state index in [0.717, 1.165) is 29.6 Å². The second-order valence-corrected chi connectivity index (χ2v) is 4.88. The van der Waals surface area contributed by atoms with Gasteiger partial charge in [-0.15, -0.1) is 11.6 Å². The monoisotopic (exact) mass is 244 g/mol. The number of aromatic nitrogens is 1. The van der Waals surface area contributed by atoms with Crippen molar-refractivity contribution in [2.24, 2.45) is 5.41 Å². The van der Waals surface area contributed by atoms with Crippen molar-refractivity contribution in [3.05, 3.63) is 29.0 Å². The second kappa shape index (κ2) is 4.69. The highest BCUT2D eigenvalue weighted by molar-refractivity contribution is 6.31. The Bertz CT molecular complexity index is 337. The molecule has 1 heterocycles. The Labute approximate surface area is 100.0 Å². The molecule has 1 aliphatic carbocycles. The van der Waals surface area contributed by atoms with Crippen molar-refractivity contribution in [2.45, 2.75) is 19.4 Å². The Hall–Kier alpha value is -0.310. The Kier molecular flexibility index (Phi) is 3.49. The largest absolute Gasteiger partial charge is 0.312 e. The molecule has 0 unspecified atom stereocenters. The van der Waals surface area contributed by atoms with Crippen LogP contribution < -0.4 is 5.32 Å². The number of hydrogen-bond acceptors (Lipinski definition) is 2. The van der Waals surface area contributed by atoms with Crippen LogP contribution in [0.25, 0.3) is 0 Å². The zero-order chi connectivity index (χ0) is 10.7. The second-order valence-electron chi connectivity index (χ2n) is 4.20. The lowest BCUT2D eigenvalue weighted by Gasteiger charge is -2.12. The van der Waals surface area contributed by atoms with Crippen molar-refractivity contribution in [2.75, 3.05) is 12.4 Å². The Morgan fingerprint density at radius 2 is 2.27 bits per heavy atom. The third-order valence-electron chi connectivity index (χ3n) is 2.91. The topological polar surface area (TPSA) is 24.9 Å². The number of alkyl halides is 1. The highest BCUT2D eigenvalue weighted by atomic mass is 35.5. The smallest absolute Gasteiger partial charge is 0.0634 e. The van der Waals surface area contributed by atoms with Gasteiger partial charge < -0.3 is 5.32 Å². The summed E-state index contributed by atoms with van der Waals surface area (Å²) in [5.74, 6) is 0.754. The van der Waals surface area contributed by atoms with E-state index in [4.69, 9.17) is 23.2 Å². The molecule has 0 aromatic carbocycles. The van der Waals surface area contributed by atoms with Gasteiger partial charge in [0.1, 0.15) is 0 Å². The number of halogens is 2. The molecule has 1 N–H and O–H groups in total. The van der Waals surface area contributed by atoms with Crippen LogP contribution in [-0.4, -0.2) is 17.4 Å². The van der Waals surface area contributed by atoms with E-state index in [-0.39, 0.29) is 0 Å². The summed E-state index contributed by atoms with van der Waals surface area (Å²) in [6.45, 7) is 1.77. The molecular weight excluding hydrogens is 231 g/mol. The highest BCUT2D eigenvalue weighted by Crippen LogP contribution is 2.45. The van der Waals surface area contributed by atoms with Gasteiger partial charge in [0.25, 0.3) is 0 Å². The molecule has 1 aromatic rings. The van der Waals surface area contributed by atoms with Crippen LogP contribution in [0, 0.1) is 5.41 Å². The first-order valence-corrected chi connectivity index (χ1v) is 6.02. The lowest BCUT2D eigenvalue weighted by Crippen LogP contribution is -2.24. The van der Waals surface area contributed by atoms with Gasteiger partial charge in [0.15, 0.2) is 0 Å². The molecule has 0 spiro atoms. The Balaban J connectivity index is 1.81. The lowest BCUT2D eigenvalue weighted by molar-refractivity contribution is 0.505. The van der Waals surface area contributed by atoms with Crippen LogP contribution in [0.4, 0.5) is 0 Å². The molecule has 0 amide bonds. The van der Waals surface area contributed by atoms with Crippen molar-refractivity contribution >= 4 is 23.2 Å². The molecule has 0 atom stereocenters. The van der Waals surface area contributed by atoms with E-state index in [1.54, 1.807) is 12.4 Å². The van der Waals surface area contributed by atoms with E-state index >= 15 is 0 Å². The Morgan fingerprint density at radius 3 is 2.87 bits per heavy atom. The molecule has 2 nitrogen and oxygen atoms in total. The fourth-order valence-corrected chi connectivity index (χ4v) is 2.09. The average molecular weight is 245 g/mol. The zero-order valence-corrected chi connectivity index (χ0v) is 9.98. The number of rotatable bonds is 5. The van der Waals surface area contributed by atoms with Gasteiger partial charge in [-0.25, -0.2) is 0 Å². The maximum atomic E-state index is 6.00. The molecule has 15 heavy (non-hydrogen) atoms. The van der Waals surface area contributed by atoms with Crippen molar-refractivity contribution < 1.29 is 0 Å². The number of nitrogens with one attached hydrogen (secondary N) is 1. The molecule has 0 saturated heterocycles. The van der Waals surface area contributed by atoms with E-state index in [0.29, 0.717) is 5.41 Å². The van der Waals surface area contributed by atoms with Crippen LogP contribution in [0.2, 0.25) is 5.02 Å². The molecule has 4 heteroatoms. The van der Waals surface area contributed by atoms with Crippen molar-refractivity contribution in [3.8, 4) is 0 Å². The van der Waals surface area contributed by atoms with Gasteiger partial charge in [0.05, 0.1) is 5.02 Å². The predicted molar refractivity (Wildman–Crippen MR) is 63.3 cm³/mol. The molecule has 0 bridgehead atoms. The summed E-state index contributed by atoms with van der Waals surface area (Å²) >= 11 is 11.9. The summed E-state index contributed by atoms with van der Waals surface area (Å²) in [4.78, 5) is 3.95. The third-order valence-corrected chi connectivity index (χ3v) is 3.82. The molecular formula is C11H14Cl2N2. The van der Waals surface area contributed by atoms with Crippen LogP contribution in [0.3, 0.4) is 0 Å². The maximum absolute atomic E-state index is 6.00. The van der Waals surface area contributed by atoms with E-state index in [2.05, 4.69) is 10.3 Å². The van der Waals surface area contributed by atoms with Gasteiger partial charge in [0.2, 0.25) is 0 Å². The minimum atomic E-state index is 0.362. The normalized spacial score (nSPS) is 17.7. The number of hydrogen-bond donors (Lipinski definition) is 1. The molecule has 2 rings (SSSR count). The molecule has 1 saturated carbocycles. The first kappa shape index (κ1) is 11.2. The summed E-state index contributed by atoms with van der Waals surface area (Å²) in [7, 11) is 0. The third kappa shape index (κ3) is 2.83. The molecule has 1 fully saturated rings. The molecule has 0 aliphatic heterocycles. The first-order chi connectivity index (χ1) is 7.26. The fourth-order valence-electron chi connectivity index (χ4n) is 1.54. The van der Waals surface area contributed by atoms with Crippen LogP contribution in [-0.2, 0) is 6.54 Å². The van der Waals surface area contributed by atoms with Gasteiger partial charge in [0, 0.05) is 31.4 Å². The maximum Gasteiger partial charge on any atom is 0.0634 e. The van der Waals surface area contributed by atoms with Gasteiger partial charge in [-0.1, -0.05) is 11.6 Å². The standard InChI is InChI=1S/C11H14Cl2N2/c12-7-11(2-3-11)8-15-5-9-1-4-14-6-10(9)13/h1,4,6,15H,2-3,5,7-8H2. The fraction of sp³-hybridized carbons (Fsp3) is 0.545. The first-order valence-electron chi connectivity index (χ1n) is 5.11. The lowest BCUT2D eigenvalue weighted by atomic mass is 10.1. The minimum Gasteiger partial charge on any atom is -0.312 e. The van der Waals surface area contributed by atoms with Gasteiger partial charge in [-0.3, -0.25) is 4.98 Å². The SMILES string of the molecule is ClCC1(CNCc2ccncc2Cl)CC1. The van der Waals surface area contributed by atoms with Gasteiger partial charge in [-0.05, 0) is 29.9 Å². The van der Waals surface area contributed by atoms with Crippen LogP contribution in [0.1, 0.15) is 18.4 Å². The quantitative estimate of drug-likeness (QED) is 0.807. The van der Waals surface area contributed by atoms with E-state index in [1.165, 1.54) is 12.8 Å². The number of nitrogens with zero attached hydrogens (tertiary/aromatic N) is 1. The van der Waals surface area contributed by atoms with Crippen molar-refractivity contribution in [3.63, 3.8) is 0 Å². The van der Waals surface area contributed by atoms with Crippen LogP contribution in [0.5, 0.6) is 0 Å². The van der Waals surface area contributed by atoms with Crippen LogP contribution >= 0.6 is 23.2 Å². The van der Waals surface area contributed by atoms with E-state index < -0.39 is 0 Å². The molecule has 1 aromatic heterocycles. The summed E-state index contributed by atoms with van der Waals surface area (Å²) in [6, 6.07) is 1.94. The van der Waals surface area contributed by atoms with Crippen molar-refractivity contribution in [1.82, 2.24) is 10.3 Å². The Morgan fingerprint density at radius 1 is 1.47 bits per heavy atom. The van der Waals surface area contributed by atoms with Crippen LogP contribution in [0.15, 0.2) is 18.5 Å². The predicted octanol–water partition coefficient (Wildman–Crippen LogP) is 2.84. The summed E-state index contributed by atoms with van der Waals surface area (Å²) in [6.07, 6.45) is 5.92. The highest BCUT2D eigenvalue weighted by Gasteiger charge is 2.41. The zero-order valence-electron chi connectivity index (χ0n) is 8.47. The molecule has 1 aliphatic rings. The number of pyridine rings is 1. The summed E-state index contributed by atoms with van der Waals surface area (Å²) < 4.78 is 0. The minimum absolute atomic E-state index is 0.362. The summed E-state index contributed by atoms with van der Waals surface area (Å²) in [5.41, 5.74) is 1.46. The average Bonchev–Trinajstić information content (AvgIpc) is 3.02.